The van der Waals surface area contributed by atoms with E-state index in [0.717, 1.165) is 60.2 Å². The highest BCUT2D eigenvalue weighted by Crippen LogP contribution is 2.37. The topological polar surface area (TPSA) is 104 Å². The number of sulfone groups is 1. The number of halogens is 1. The van der Waals surface area contributed by atoms with E-state index in [1.54, 1.807) is 29.1 Å². The lowest BCUT2D eigenvalue weighted by molar-refractivity contribution is 0.126. The van der Waals surface area contributed by atoms with Gasteiger partial charge in [0.1, 0.15) is 11.5 Å². The van der Waals surface area contributed by atoms with Gasteiger partial charge in [0.05, 0.1) is 41.4 Å². The van der Waals surface area contributed by atoms with Crippen molar-refractivity contribution in [2.24, 2.45) is 0 Å². The van der Waals surface area contributed by atoms with E-state index >= 15 is 0 Å². The molecular weight excluding hydrogens is 507 g/mol. The number of benzene rings is 1. The van der Waals surface area contributed by atoms with Crippen LogP contribution in [0.4, 0.5) is 10.2 Å². The molecule has 1 aliphatic heterocycles. The van der Waals surface area contributed by atoms with E-state index in [0.29, 0.717) is 12.2 Å². The summed E-state index contributed by atoms with van der Waals surface area (Å²) in [5.74, 6) is 1.07. The van der Waals surface area contributed by atoms with Gasteiger partial charge in [-0.15, -0.1) is 0 Å². The molecule has 2 aliphatic rings. The summed E-state index contributed by atoms with van der Waals surface area (Å²) < 4.78 is 47.8. The summed E-state index contributed by atoms with van der Waals surface area (Å²) in [7, 11) is -3.01. The smallest absolute Gasteiger partial charge is 0.165 e. The summed E-state index contributed by atoms with van der Waals surface area (Å²) in [5, 5.41) is 13.8. The summed E-state index contributed by atoms with van der Waals surface area (Å²) in [4.78, 5) is 4.59. The molecule has 4 heterocycles. The highest BCUT2D eigenvalue weighted by Gasteiger charge is 2.31. The zero-order valence-electron chi connectivity index (χ0n) is 21.3. The first-order valence-corrected chi connectivity index (χ1v) is 15.0. The number of hydrogen-bond acceptors (Lipinski definition) is 7. The molecule has 0 amide bonds. The molecule has 0 bridgehead atoms. The van der Waals surface area contributed by atoms with E-state index in [2.05, 4.69) is 20.1 Å². The summed E-state index contributed by atoms with van der Waals surface area (Å²) >= 11 is 0. The van der Waals surface area contributed by atoms with Gasteiger partial charge in [0.15, 0.2) is 21.4 Å². The molecule has 1 saturated carbocycles. The SMILES string of the molecule is CCNc1cc2c(cn1)c(-c1cnn(C3CCS(=O)(=O)C3)c1)nn2[C@H]1CC[C@@H](Oc2ccccc2F)CC1. The molecule has 38 heavy (non-hydrogen) atoms. The normalized spacial score (nSPS) is 23.1. The van der Waals surface area contributed by atoms with Crippen molar-refractivity contribution >= 4 is 26.6 Å². The van der Waals surface area contributed by atoms with E-state index in [9.17, 15) is 12.8 Å². The molecule has 6 rings (SSSR count). The van der Waals surface area contributed by atoms with E-state index in [4.69, 9.17) is 9.84 Å². The van der Waals surface area contributed by atoms with Crippen LogP contribution >= 0.6 is 0 Å². The fourth-order valence-electron chi connectivity index (χ4n) is 5.57. The molecule has 1 N–H and O–H groups in total. The second-order valence-corrected chi connectivity index (χ2v) is 12.4. The highest BCUT2D eigenvalue weighted by molar-refractivity contribution is 7.91. The number of hydrogen-bond donors (Lipinski definition) is 1. The number of para-hydroxylation sites is 1. The van der Waals surface area contributed by atoms with Crippen LogP contribution in [0.1, 0.15) is 51.1 Å². The molecule has 1 aliphatic carbocycles. The first-order chi connectivity index (χ1) is 18.4. The third kappa shape index (κ3) is 4.87. The second kappa shape index (κ2) is 10.0. The average molecular weight is 539 g/mol. The zero-order valence-corrected chi connectivity index (χ0v) is 22.1. The van der Waals surface area contributed by atoms with Crippen LogP contribution in [0.25, 0.3) is 22.2 Å². The van der Waals surface area contributed by atoms with Crippen LogP contribution in [0.3, 0.4) is 0 Å². The van der Waals surface area contributed by atoms with Crippen molar-refractivity contribution in [3.63, 3.8) is 0 Å². The van der Waals surface area contributed by atoms with Crippen molar-refractivity contribution in [2.45, 2.75) is 57.2 Å². The van der Waals surface area contributed by atoms with Crippen LogP contribution < -0.4 is 10.1 Å². The number of anilines is 1. The van der Waals surface area contributed by atoms with Gasteiger partial charge in [-0.1, -0.05) is 12.1 Å². The van der Waals surface area contributed by atoms with Gasteiger partial charge in [-0.2, -0.15) is 10.2 Å². The fraction of sp³-hybridized carbons (Fsp3) is 0.444. The lowest BCUT2D eigenvalue weighted by atomic mass is 9.93. The minimum atomic E-state index is -3.01. The number of pyridine rings is 1. The van der Waals surface area contributed by atoms with Crippen molar-refractivity contribution in [3.8, 4) is 17.0 Å². The maximum Gasteiger partial charge on any atom is 0.165 e. The van der Waals surface area contributed by atoms with Gasteiger partial charge in [0.2, 0.25) is 0 Å². The summed E-state index contributed by atoms with van der Waals surface area (Å²) in [5.41, 5.74) is 2.61. The molecule has 3 aromatic heterocycles. The monoisotopic (exact) mass is 538 g/mol. The van der Waals surface area contributed by atoms with Crippen molar-refractivity contribution in [1.82, 2.24) is 24.5 Å². The maximum absolute atomic E-state index is 14.1. The molecule has 200 valence electrons. The van der Waals surface area contributed by atoms with Crippen molar-refractivity contribution in [3.05, 3.63) is 54.7 Å². The van der Waals surface area contributed by atoms with E-state index < -0.39 is 9.84 Å². The standard InChI is InChI=1S/C27H31FN6O3S/c1-2-29-26-13-24-22(15-30-26)27(18-14-31-33(16-18)20-11-12-38(35,36)17-20)32-34(24)19-7-9-21(10-8-19)37-25-6-4-3-5-23(25)28/h3-6,13-16,19-21H,2,7-12,17H2,1H3,(H,29,30)/t19-,20?,21+. The van der Waals surface area contributed by atoms with Gasteiger partial charge in [-0.3, -0.25) is 9.36 Å². The number of fused-ring (bicyclic) bond motifs is 1. The summed E-state index contributed by atoms with van der Waals surface area (Å²) in [6, 6.07) is 8.59. The number of aromatic nitrogens is 5. The molecule has 0 spiro atoms. The Hall–Kier alpha value is -3.47. The quantitative estimate of drug-likeness (QED) is 0.361. The van der Waals surface area contributed by atoms with Crippen LogP contribution in [-0.4, -0.2) is 57.1 Å². The predicted octanol–water partition coefficient (Wildman–Crippen LogP) is 4.79. The van der Waals surface area contributed by atoms with Crippen molar-refractivity contribution in [2.75, 3.05) is 23.4 Å². The Morgan fingerprint density at radius 2 is 1.92 bits per heavy atom. The minimum Gasteiger partial charge on any atom is -0.487 e. The molecule has 9 nitrogen and oxygen atoms in total. The van der Waals surface area contributed by atoms with Gasteiger partial charge in [0, 0.05) is 36.0 Å². The molecule has 2 fully saturated rings. The van der Waals surface area contributed by atoms with Gasteiger partial charge in [-0.05, 0) is 51.2 Å². The predicted molar refractivity (Wildman–Crippen MR) is 144 cm³/mol. The van der Waals surface area contributed by atoms with Crippen molar-refractivity contribution in [1.29, 1.82) is 0 Å². The van der Waals surface area contributed by atoms with Crippen molar-refractivity contribution < 1.29 is 17.5 Å². The minimum absolute atomic E-state index is 0.0376. The molecule has 1 aromatic carbocycles. The lowest BCUT2D eigenvalue weighted by Crippen LogP contribution is -2.26. The summed E-state index contributed by atoms with van der Waals surface area (Å²) in [6.07, 6.45) is 9.35. The Morgan fingerprint density at radius 3 is 2.66 bits per heavy atom. The molecule has 1 unspecified atom stereocenters. The van der Waals surface area contributed by atoms with Gasteiger partial charge >= 0.3 is 0 Å². The Labute approximate surface area is 220 Å². The number of ether oxygens (including phenoxy) is 1. The average Bonchev–Trinajstić information content (AvgIpc) is 3.63. The van der Waals surface area contributed by atoms with E-state index in [1.165, 1.54) is 6.07 Å². The highest BCUT2D eigenvalue weighted by atomic mass is 32.2. The van der Waals surface area contributed by atoms with E-state index in [1.807, 2.05) is 25.4 Å². The Balaban J connectivity index is 1.28. The Morgan fingerprint density at radius 1 is 1.11 bits per heavy atom. The number of rotatable bonds is 7. The molecular formula is C27H31FN6O3S. The zero-order chi connectivity index (χ0) is 26.3. The van der Waals surface area contributed by atoms with Gasteiger partial charge < -0.3 is 10.1 Å². The third-order valence-electron chi connectivity index (χ3n) is 7.53. The van der Waals surface area contributed by atoms with Crippen LogP contribution in [0.5, 0.6) is 5.75 Å². The molecule has 1 atom stereocenters. The summed E-state index contributed by atoms with van der Waals surface area (Å²) in [6.45, 7) is 2.79. The lowest BCUT2D eigenvalue weighted by Gasteiger charge is -2.29. The van der Waals surface area contributed by atoms with Crippen LogP contribution in [0.2, 0.25) is 0 Å². The second-order valence-electron chi connectivity index (χ2n) is 10.2. The van der Waals surface area contributed by atoms with Gasteiger partial charge in [-0.25, -0.2) is 17.8 Å². The fourth-order valence-corrected chi connectivity index (χ4v) is 7.28. The first-order valence-electron chi connectivity index (χ1n) is 13.2. The Bertz CT molecular complexity index is 1560. The Kier molecular flexibility index (Phi) is 6.55. The molecule has 1 saturated heterocycles. The maximum atomic E-state index is 14.1. The van der Waals surface area contributed by atoms with Gasteiger partial charge in [0.25, 0.3) is 0 Å². The molecule has 4 aromatic rings. The molecule has 11 heteroatoms. The molecule has 0 radical (unpaired) electrons. The number of nitrogens with zero attached hydrogens (tertiary/aromatic N) is 5. The van der Waals surface area contributed by atoms with Crippen LogP contribution in [0.15, 0.2) is 48.9 Å². The largest absolute Gasteiger partial charge is 0.487 e. The third-order valence-corrected chi connectivity index (χ3v) is 9.28. The first kappa shape index (κ1) is 24.8. The number of nitrogens with one attached hydrogen (secondary N) is 1. The van der Waals surface area contributed by atoms with Crippen LogP contribution in [-0.2, 0) is 9.84 Å². The van der Waals surface area contributed by atoms with E-state index in [-0.39, 0.29) is 35.5 Å². The van der Waals surface area contributed by atoms with Crippen LogP contribution in [0, 0.1) is 5.82 Å².